The van der Waals surface area contributed by atoms with Gasteiger partial charge >= 0.3 is 6.09 Å². The number of benzene rings is 3. The van der Waals surface area contributed by atoms with Crippen molar-refractivity contribution in [2.24, 2.45) is 0 Å². The van der Waals surface area contributed by atoms with Gasteiger partial charge in [-0.3, -0.25) is 4.90 Å². The predicted molar refractivity (Wildman–Crippen MR) is 183 cm³/mol. The fourth-order valence-electron chi connectivity index (χ4n) is 8.04. The SMILES string of the molecule is C[C@H]1CC[C@@H](c2ncc(-c3ccc(-c4ccc5c(ccc6[nH]c([C@@H]7CC[C@H](C)N7C(=O)OC(C)(C)C)nc65)c4)c4c3CCC4)[nH]2)N1. The number of amides is 1. The molecule has 4 atom stereocenters. The van der Waals surface area contributed by atoms with Crippen LogP contribution in [0.1, 0.15) is 102 Å². The number of fused-ring (bicyclic) bond motifs is 4. The number of hydrogen-bond acceptors (Lipinski definition) is 5. The summed E-state index contributed by atoms with van der Waals surface area (Å²) >= 11 is 0. The number of ether oxygens (including phenoxy) is 1. The number of nitrogens with zero attached hydrogens (tertiary/aromatic N) is 3. The van der Waals surface area contributed by atoms with Crippen molar-refractivity contribution in [3.05, 3.63) is 71.4 Å². The number of rotatable bonds is 4. The minimum atomic E-state index is -0.541. The number of likely N-dealkylation sites (tertiary alicyclic amines) is 1. The van der Waals surface area contributed by atoms with Crippen LogP contribution in [0.2, 0.25) is 0 Å². The first kappa shape index (κ1) is 29.2. The Balaban J connectivity index is 1.11. The highest BCUT2D eigenvalue weighted by molar-refractivity contribution is 6.05. The fourth-order valence-corrected chi connectivity index (χ4v) is 8.04. The topological polar surface area (TPSA) is 98.9 Å². The lowest BCUT2D eigenvalue weighted by Crippen LogP contribution is -2.40. The summed E-state index contributed by atoms with van der Waals surface area (Å²) in [6, 6.07) is 16.5. The predicted octanol–water partition coefficient (Wildman–Crippen LogP) is 8.54. The number of hydrogen-bond donors (Lipinski definition) is 3. The van der Waals surface area contributed by atoms with E-state index in [9.17, 15) is 4.79 Å². The first-order valence-corrected chi connectivity index (χ1v) is 17.0. The first-order valence-electron chi connectivity index (χ1n) is 17.0. The second kappa shape index (κ2) is 11.0. The van der Waals surface area contributed by atoms with E-state index >= 15 is 0 Å². The molecule has 2 aromatic heterocycles. The van der Waals surface area contributed by atoms with E-state index in [0.29, 0.717) is 12.1 Å². The summed E-state index contributed by atoms with van der Waals surface area (Å²) < 4.78 is 5.77. The molecule has 0 unspecified atom stereocenters. The molecule has 3 aromatic carbocycles. The highest BCUT2D eigenvalue weighted by atomic mass is 16.6. The van der Waals surface area contributed by atoms with Crippen LogP contribution in [-0.2, 0) is 17.6 Å². The largest absolute Gasteiger partial charge is 0.444 e. The molecule has 0 bridgehead atoms. The Morgan fingerprint density at radius 2 is 1.72 bits per heavy atom. The maximum Gasteiger partial charge on any atom is 0.411 e. The van der Waals surface area contributed by atoms with Crippen molar-refractivity contribution in [3.8, 4) is 22.4 Å². The third-order valence-electron chi connectivity index (χ3n) is 10.3. The average molecular weight is 617 g/mol. The molecule has 2 fully saturated rings. The van der Waals surface area contributed by atoms with E-state index in [4.69, 9.17) is 14.7 Å². The summed E-state index contributed by atoms with van der Waals surface area (Å²) in [4.78, 5) is 32.1. The van der Waals surface area contributed by atoms with Crippen molar-refractivity contribution >= 4 is 27.9 Å². The molecule has 3 N–H and O–H groups in total. The standard InChI is InChI=1S/C38H44N6O2/c1-21-9-16-31(40-21)35-39-20-32(42-35)29-15-14-25(27-7-6-8-28(27)29)23-11-13-26-24(19-23)12-17-30-34(26)43-36(41-30)33-18-10-22(2)44(33)37(45)46-38(3,4)5/h11-15,17,19-22,31,33,40H,6-10,16,18H2,1-5H3,(H,39,42)(H,41,43)/t21-,22-,31-,33-/m0/s1. The van der Waals surface area contributed by atoms with E-state index < -0.39 is 5.60 Å². The zero-order valence-corrected chi connectivity index (χ0v) is 27.5. The van der Waals surface area contributed by atoms with E-state index in [0.717, 1.165) is 65.9 Å². The fraction of sp³-hybridized carbons (Fsp3) is 0.447. The van der Waals surface area contributed by atoms with Gasteiger partial charge in [0, 0.05) is 23.0 Å². The van der Waals surface area contributed by atoms with Gasteiger partial charge in [0.2, 0.25) is 0 Å². The van der Waals surface area contributed by atoms with Crippen LogP contribution in [0.25, 0.3) is 44.2 Å². The number of nitrogens with one attached hydrogen (secondary N) is 3. The van der Waals surface area contributed by atoms with Gasteiger partial charge in [-0.2, -0.15) is 0 Å². The van der Waals surface area contributed by atoms with Crippen molar-refractivity contribution in [2.75, 3.05) is 0 Å². The highest BCUT2D eigenvalue weighted by Gasteiger charge is 2.39. The van der Waals surface area contributed by atoms with E-state index in [1.54, 1.807) is 0 Å². The molecule has 8 heteroatoms. The maximum absolute atomic E-state index is 13.2. The summed E-state index contributed by atoms with van der Waals surface area (Å²) in [5.41, 5.74) is 9.28. The van der Waals surface area contributed by atoms with Crippen molar-refractivity contribution in [2.45, 2.75) is 109 Å². The van der Waals surface area contributed by atoms with Gasteiger partial charge in [-0.25, -0.2) is 14.8 Å². The number of carbonyl (C=O) groups is 1. The van der Waals surface area contributed by atoms with Gasteiger partial charge in [-0.05, 0) is 119 Å². The van der Waals surface area contributed by atoms with Gasteiger partial charge in [-0.1, -0.05) is 30.3 Å². The molecule has 3 aliphatic rings. The van der Waals surface area contributed by atoms with Gasteiger partial charge < -0.3 is 20.0 Å². The second-order valence-electron chi connectivity index (χ2n) is 14.7. The monoisotopic (exact) mass is 616 g/mol. The molecule has 5 aromatic rings. The van der Waals surface area contributed by atoms with Gasteiger partial charge in [0.15, 0.2) is 0 Å². The van der Waals surface area contributed by atoms with Gasteiger partial charge in [0.1, 0.15) is 17.2 Å². The summed E-state index contributed by atoms with van der Waals surface area (Å²) in [7, 11) is 0. The minimum absolute atomic E-state index is 0.101. The zero-order valence-electron chi connectivity index (χ0n) is 27.5. The molecule has 4 heterocycles. The van der Waals surface area contributed by atoms with Crippen LogP contribution in [0, 0.1) is 0 Å². The molecular weight excluding hydrogens is 572 g/mol. The lowest BCUT2D eigenvalue weighted by Gasteiger charge is -2.30. The molecule has 8 nitrogen and oxygen atoms in total. The van der Waals surface area contributed by atoms with Crippen molar-refractivity contribution < 1.29 is 9.53 Å². The second-order valence-corrected chi connectivity index (χ2v) is 14.7. The number of carbonyl (C=O) groups excluding carboxylic acids is 1. The Labute approximate surface area is 270 Å². The lowest BCUT2D eigenvalue weighted by molar-refractivity contribution is 0.0152. The minimum Gasteiger partial charge on any atom is -0.444 e. The number of H-pyrrole nitrogens is 2. The molecule has 238 valence electrons. The molecule has 2 aliphatic heterocycles. The summed E-state index contributed by atoms with van der Waals surface area (Å²) in [5, 5.41) is 5.94. The summed E-state index contributed by atoms with van der Waals surface area (Å²) in [6.45, 7) is 10.1. The van der Waals surface area contributed by atoms with Crippen molar-refractivity contribution in [1.29, 1.82) is 0 Å². The zero-order chi connectivity index (χ0) is 31.7. The third-order valence-corrected chi connectivity index (χ3v) is 10.3. The Kier molecular flexibility index (Phi) is 6.98. The molecule has 8 rings (SSSR count). The Morgan fingerprint density at radius 1 is 0.913 bits per heavy atom. The number of imidazole rings is 2. The van der Waals surface area contributed by atoms with Crippen LogP contribution in [-0.4, -0.2) is 48.6 Å². The molecule has 0 radical (unpaired) electrons. The Bertz CT molecular complexity index is 1970. The summed E-state index contributed by atoms with van der Waals surface area (Å²) in [6.07, 6.45) is 9.21. The normalized spacial score (nSPS) is 23.1. The van der Waals surface area contributed by atoms with Crippen LogP contribution < -0.4 is 5.32 Å². The maximum atomic E-state index is 13.2. The van der Waals surface area contributed by atoms with E-state index in [2.05, 4.69) is 71.6 Å². The average Bonchev–Trinajstić information content (AvgIpc) is 3.84. The molecule has 0 spiro atoms. The molecule has 1 amide bonds. The van der Waals surface area contributed by atoms with Crippen molar-refractivity contribution in [3.63, 3.8) is 0 Å². The first-order chi connectivity index (χ1) is 22.1. The van der Waals surface area contributed by atoms with E-state index in [-0.39, 0.29) is 18.2 Å². The van der Waals surface area contributed by atoms with Crippen LogP contribution >= 0.6 is 0 Å². The summed E-state index contributed by atoms with van der Waals surface area (Å²) in [5.74, 6) is 1.88. The van der Waals surface area contributed by atoms with Crippen LogP contribution in [0.3, 0.4) is 0 Å². The van der Waals surface area contributed by atoms with Gasteiger partial charge in [0.05, 0.1) is 35.0 Å². The van der Waals surface area contributed by atoms with Crippen LogP contribution in [0.5, 0.6) is 0 Å². The Morgan fingerprint density at radius 3 is 2.50 bits per heavy atom. The number of aromatic nitrogens is 4. The Hall–Kier alpha value is -4.17. The third kappa shape index (κ3) is 5.07. The van der Waals surface area contributed by atoms with E-state index in [1.807, 2.05) is 31.9 Å². The smallest absolute Gasteiger partial charge is 0.411 e. The van der Waals surface area contributed by atoms with Crippen molar-refractivity contribution in [1.82, 2.24) is 30.2 Å². The molecule has 1 aliphatic carbocycles. The van der Waals surface area contributed by atoms with Gasteiger partial charge in [-0.15, -0.1) is 0 Å². The number of aromatic amines is 2. The quantitative estimate of drug-likeness (QED) is 0.188. The van der Waals surface area contributed by atoms with Crippen LogP contribution in [0.15, 0.2) is 48.7 Å². The highest BCUT2D eigenvalue weighted by Crippen LogP contribution is 2.41. The lowest BCUT2D eigenvalue weighted by atomic mass is 9.91. The van der Waals surface area contributed by atoms with E-state index in [1.165, 1.54) is 46.0 Å². The molecule has 46 heavy (non-hydrogen) atoms. The molecule has 2 saturated heterocycles. The molecular formula is C38H44N6O2. The van der Waals surface area contributed by atoms with Crippen LogP contribution in [0.4, 0.5) is 4.79 Å². The van der Waals surface area contributed by atoms with Gasteiger partial charge in [0.25, 0.3) is 0 Å². The molecule has 0 saturated carbocycles.